The zero-order valence-electron chi connectivity index (χ0n) is 12.7. The van der Waals surface area contributed by atoms with Gasteiger partial charge in [0.1, 0.15) is 11.5 Å². The Morgan fingerprint density at radius 3 is 2.79 bits per heavy atom. The van der Waals surface area contributed by atoms with E-state index in [2.05, 4.69) is 15.4 Å². The van der Waals surface area contributed by atoms with Gasteiger partial charge < -0.3 is 9.73 Å². The van der Waals surface area contributed by atoms with Gasteiger partial charge in [-0.15, -0.1) is 0 Å². The Morgan fingerprint density at radius 2 is 2.00 bits per heavy atom. The summed E-state index contributed by atoms with van der Waals surface area (Å²) in [6, 6.07) is 9.21. The lowest BCUT2D eigenvalue weighted by atomic mass is 10.2. The first-order chi connectivity index (χ1) is 11.7. The maximum atomic E-state index is 12.2. The number of halogens is 2. The molecule has 1 N–H and O–H groups in total. The van der Waals surface area contributed by atoms with Crippen molar-refractivity contribution in [2.24, 2.45) is 0 Å². The van der Waals surface area contributed by atoms with Crippen LogP contribution in [0.4, 0.5) is 8.78 Å². The second-order valence-electron chi connectivity index (χ2n) is 4.98. The first-order valence-corrected chi connectivity index (χ1v) is 8.39. The zero-order chi connectivity index (χ0) is 16.8. The third kappa shape index (κ3) is 4.42. The van der Waals surface area contributed by atoms with Gasteiger partial charge in [0, 0.05) is 30.7 Å². The van der Waals surface area contributed by atoms with Crippen molar-refractivity contribution in [3.63, 3.8) is 0 Å². The van der Waals surface area contributed by atoms with Gasteiger partial charge in [-0.25, -0.2) is 9.67 Å². The summed E-state index contributed by atoms with van der Waals surface area (Å²) in [5.41, 5.74) is 1.00. The molecule has 0 aliphatic rings. The van der Waals surface area contributed by atoms with Crippen molar-refractivity contribution in [2.45, 2.75) is 24.6 Å². The molecular formula is C16H16F2N4OS. The molecule has 3 rings (SSSR count). The summed E-state index contributed by atoms with van der Waals surface area (Å²) in [5, 5.41) is 7.46. The van der Waals surface area contributed by atoms with Crippen molar-refractivity contribution in [1.29, 1.82) is 0 Å². The molecule has 0 saturated carbocycles. The van der Waals surface area contributed by atoms with Crippen LogP contribution in [0.15, 0.2) is 53.3 Å². The number of nitrogens with zero attached hydrogens (tertiary/aromatic N) is 3. The lowest BCUT2D eigenvalue weighted by Crippen LogP contribution is -2.15. The highest BCUT2D eigenvalue weighted by molar-refractivity contribution is 7.98. The van der Waals surface area contributed by atoms with Gasteiger partial charge in [-0.05, 0) is 24.3 Å². The van der Waals surface area contributed by atoms with Crippen molar-refractivity contribution in [1.82, 2.24) is 20.1 Å². The molecule has 3 aromatic rings. The number of alkyl halides is 2. The highest BCUT2D eigenvalue weighted by atomic mass is 32.2. The maximum Gasteiger partial charge on any atom is 0.284 e. The number of thioether (sulfide) groups is 1. The largest absolute Gasteiger partial charge is 0.464 e. The van der Waals surface area contributed by atoms with Gasteiger partial charge in [0.25, 0.3) is 5.76 Å². The van der Waals surface area contributed by atoms with Crippen LogP contribution in [0, 0.1) is 0 Å². The first kappa shape index (κ1) is 16.7. The summed E-state index contributed by atoms with van der Waals surface area (Å²) < 4.78 is 31.6. The van der Waals surface area contributed by atoms with Crippen LogP contribution in [0.2, 0.25) is 0 Å². The molecule has 0 unspecified atom stereocenters. The second kappa shape index (κ2) is 8.07. The van der Waals surface area contributed by atoms with E-state index >= 15 is 0 Å². The van der Waals surface area contributed by atoms with Gasteiger partial charge in [-0.1, -0.05) is 17.8 Å². The minimum atomic E-state index is -2.39. The lowest BCUT2D eigenvalue weighted by Gasteiger charge is -2.08. The zero-order valence-corrected chi connectivity index (χ0v) is 13.5. The lowest BCUT2D eigenvalue weighted by molar-refractivity contribution is 0.251. The summed E-state index contributed by atoms with van der Waals surface area (Å²) in [4.78, 5) is 4.35. The van der Waals surface area contributed by atoms with Gasteiger partial charge >= 0.3 is 0 Å². The van der Waals surface area contributed by atoms with Crippen molar-refractivity contribution in [3.8, 4) is 5.82 Å². The summed E-state index contributed by atoms with van der Waals surface area (Å²) >= 11 is 0.553. The Morgan fingerprint density at radius 1 is 1.12 bits per heavy atom. The standard InChI is InChI=1S/C16H16F2N4OS/c17-16(18)24-11-14-5-4-13(23-14)10-19-9-12-3-1-6-20-15(12)22-8-2-7-21-22/h1-8,16,19H,9-11H2. The molecule has 0 radical (unpaired) electrons. The predicted octanol–water partition coefficient (Wildman–Crippen LogP) is 3.61. The van der Waals surface area contributed by atoms with Crippen LogP contribution < -0.4 is 5.32 Å². The topological polar surface area (TPSA) is 55.9 Å². The van der Waals surface area contributed by atoms with Crippen LogP contribution in [0.3, 0.4) is 0 Å². The van der Waals surface area contributed by atoms with E-state index in [0.29, 0.717) is 36.4 Å². The van der Waals surface area contributed by atoms with Crippen LogP contribution in [0.1, 0.15) is 17.1 Å². The minimum Gasteiger partial charge on any atom is -0.464 e. The van der Waals surface area contributed by atoms with Crippen molar-refractivity contribution in [3.05, 3.63) is 66.0 Å². The van der Waals surface area contributed by atoms with E-state index in [1.807, 2.05) is 24.4 Å². The van der Waals surface area contributed by atoms with E-state index in [1.54, 1.807) is 29.2 Å². The minimum absolute atomic E-state index is 0.170. The first-order valence-electron chi connectivity index (χ1n) is 7.34. The SMILES string of the molecule is FC(F)SCc1ccc(CNCc2cccnc2-n2cccn2)o1. The van der Waals surface area contributed by atoms with Gasteiger partial charge in [0.2, 0.25) is 0 Å². The summed E-state index contributed by atoms with van der Waals surface area (Å²) in [7, 11) is 0. The summed E-state index contributed by atoms with van der Waals surface area (Å²) in [6.45, 7) is 1.09. The molecule has 0 aromatic carbocycles. The highest BCUT2D eigenvalue weighted by Crippen LogP contribution is 2.21. The molecular weight excluding hydrogens is 334 g/mol. The number of nitrogens with one attached hydrogen (secondary N) is 1. The van der Waals surface area contributed by atoms with Gasteiger partial charge in [0.15, 0.2) is 5.82 Å². The molecule has 0 bridgehead atoms. The third-order valence-corrected chi connectivity index (χ3v) is 3.98. The van der Waals surface area contributed by atoms with E-state index in [0.717, 1.165) is 11.4 Å². The third-order valence-electron chi connectivity index (χ3n) is 3.27. The van der Waals surface area contributed by atoms with Gasteiger partial charge in [-0.3, -0.25) is 0 Å². The van der Waals surface area contributed by atoms with Gasteiger partial charge in [0.05, 0.1) is 12.3 Å². The molecule has 0 spiro atoms. The second-order valence-corrected chi connectivity index (χ2v) is 5.96. The Bertz CT molecular complexity index is 761. The Labute approximate surface area is 142 Å². The van der Waals surface area contributed by atoms with Crippen LogP contribution in [-0.2, 0) is 18.8 Å². The number of hydrogen-bond donors (Lipinski definition) is 1. The Kier molecular flexibility index (Phi) is 5.60. The van der Waals surface area contributed by atoms with E-state index in [-0.39, 0.29) is 5.75 Å². The number of hydrogen-bond acceptors (Lipinski definition) is 5. The summed E-state index contributed by atoms with van der Waals surface area (Å²) in [5.74, 6) is -0.185. The monoisotopic (exact) mass is 350 g/mol. The molecule has 24 heavy (non-hydrogen) atoms. The Hall–Kier alpha value is -2.19. The van der Waals surface area contributed by atoms with Gasteiger partial charge in [-0.2, -0.15) is 13.9 Å². The van der Waals surface area contributed by atoms with E-state index < -0.39 is 5.76 Å². The average Bonchev–Trinajstić information content (AvgIpc) is 3.25. The predicted molar refractivity (Wildman–Crippen MR) is 87.9 cm³/mol. The highest BCUT2D eigenvalue weighted by Gasteiger charge is 2.08. The number of aromatic nitrogens is 3. The van der Waals surface area contributed by atoms with Crippen LogP contribution in [0.5, 0.6) is 0 Å². The van der Waals surface area contributed by atoms with Crippen LogP contribution in [-0.4, -0.2) is 20.5 Å². The van der Waals surface area contributed by atoms with Crippen LogP contribution in [0.25, 0.3) is 5.82 Å². The molecule has 126 valence electrons. The number of furan rings is 1. The van der Waals surface area contributed by atoms with Crippen molar-refractivity contribution >= 4 is 11.8 Å². The fraction of sp³-hybridized carbons (Fsp3) is 0.250. The molecule has 8 heteroatoms. The van der Waals surface area contributed by atoms with E-state index in [4.69, 9.17) is 4.42 Å². The normalized spacial score (nSPS) is 11.3. The Balaban J connectivity index is 1.56. The molecule has 5 nitrogen and oxygen atoms in total. The van der Waals surface area contributed by atoms with Crippen molar-refractivity contribution < 1.29 is 13.2 Å². The summed E-state index contributed by atoms with van der Waals surface area (Å²) in [6.07, 6.45) is 5.26. The molecule has 3 aromatic heterocycles. The quantitative estimate of drug-likeness (QED) is 0.673. The molecule has 0 amide bonds. The fourth-order valence-electron chi connectivity index (χ4n) is 2.23. The molecule has 0 aliphatic carbocycles. The van der Waals surface area contributed by atoms with Crippen molar-refractivity contribution in [2.75, 3.05) is 0 Å². The number of rotatable bonds is 8. The molecule has 0 aliphatic heterocycles. The maximum absolute atomic E-state index is 12.2. The molecule has 0 saturated heterocycles. The van der Waals surface area contributed by atoms with E-state index in [9.17, 15) is 8.78 Å². The molecule has 0 atom stereocenters. The smallest absolute Gasteiger partial charge is 0.284 e. The average molecular weight is 350 g/mol. The number of pyridine rings is 1. The van der Waals surface area contributed by atoms with E-state index in [1.165, 1.54) is 0 Å². The molecule has 0 fully saturated rings. The van der Waals surface area contributed by atoms with Crippen LogP contribution >= 0.6 is 11.8 Å². The molecule has 3 heterocycles. The fourth-order valence-corrected chi connectivity index (χ4v) is 2.67.